The fourth-order valence-corrected chi connectivity index (χ4v) is 3.80. The smallest absolute Gasteiger partial charge is 0.108 e. The van der Waals surface area contributed by atoms with Crippen molar-refractivity contribution in [3.05, 3.63) is 29.3 Å². The van der Waals surface area contributed by atoms with Gasteiger partial charge in [-0.1, -0.05) is 12.1 Å². The molecule has 1 aliphatic heterocycles. The third kappa shape index (κ3) is 3.01. The van der Waals surface area contributed by atoms with Gasteiger partial charge in [0.15, 0.2) is 0 Å². The highest BCUT2D eigenvalue weighted by Crippen LogP contribution is 2.23. The van der Waals surface area contributed by atoms with Gasteiger partial charge in [0.1, 0.15) is 5.01 Å². The van der Waals surface area contributed by atoms with Crippen LogP contribution >= 0.6 is 11.3 Å². The van der Waals surface area contributed by atoms with Gasteiger partial charge in [-0.2, -0.15) is 0 Å². The molecule has 2 heterocycles. The molecule has 0 bridgehead atoms. The second-order valence-electron chi connectivity index (χ2n) is 5.46. The first-order valence-electron chi connectivity index (χ1n) is 7.14. The summed E-state index contributed by atoms with van der Waals surface area (Å²) < 4.78 is 1.27. The molecule has 0 saturated carbocycles. The fraction of sp³-hybridized carbons (Fsp3) is 0.533. The molecule has 1 aliphatic rings. The molecule has 108 valence electrons. The highest BCUT2D eigenvalue weighted by atomic mass is 32.1. The standard InChI is InChI=1S/C15H21N3OS/c1-17-7-8-18(10-12(17)6-9-19)11-15-16-13-4-2-3-5-14(13)20-15/h2-5,12,19H,6-11H2,1H3/t12-/m0/s1. The number of piperazine rings is 1. The van der Waals surface area contributed by atoms with Crippen molar-refractivity contribution >= 4 is 21.6 Å². The average Bonchev–Trinajstić information content (AvgIpc) is 2.85. The third-order valence-corrected chi connectivity index (χ3v) is 5.04. The first-order valence-corrected chi connectivity index (χ1v) is 7.96. The van der Waals surface area contributed by atoms with E-state index in [1.165, 1.54) is 9.71 Å². The van der Waals surface area contributed by atoms with Crippen molar-refractivity contribution in [1.29, 1.82) is 0 Å². The SMILES string of the molecule is CN1CCN(Cc2nc3ccccc3s2)C[C@@H]1CCO. The zero-order valence-corrected chi connectivity index (χ0v) is 12.6. The molecule has 4 nitrogen and oxygen atoms in total. The van der Waals surface area contributed by atoms with Crippen LogP contribution < -0.4 is 0 Å². The van der Waals surface area contributed by atoms with Crippen molar-refractivity contribution < 1.29 is 5.11 Å². The number of aliphatic hydroxyl groups excluding tert-OH is 1. The third-order valence-electron chi connectivity index (χ3n) is 4.02. The maximum absolute atomic E-state index is 9.15. The zero-order valence-electron chi connectivity index (χ0n) is 11.8. The van der Waals surface area contributed by atoms with Crippen LogP contribution in [0.3, 0.4) is 0 Å². The lowest BCUT2D eigenvalue weighted by atomic mass is 10.1. The Morgan fingerprint density at radius 1 is 1.35 bits per heavy atom. The predicted octanol–water partition coefficient (Wildman–Crippen LogP) is 1.79. The van der Waals surface area contributed by atoms with Gasteiger partial charge in [-0.25, -0.2) is 4.98 Å². The summed E-state index contributed by atoms with van der Waals surface area (Å²) in [7, 11) is 2.15. The number of likely N-dealkylation sites (N-methyl/N-ethyl adjacent to an activating group) is 1. The van der Waals surface area contributed by atoms with Crippen LogP contribution in [0.2, 0.25) is 0 Å². The Labute approximate surface area is 123 Å². The topological polar surface area (TPSA) is 39.6 Å². The van der Waals surface area contributed by atoms with Crippen LogP contribution in [-0.4, -0.2) is 59.2 Å². The van der Waals surface area contributed by atoms with E-state index in [1.807, 2.05) is 6.07 Å². The lowest BCUT2D eigenvalue weighted by Crippen LogP contribution is -2.51. The molecule has 1 N–H and O–H groups in total. The average molecular weight is 291 g/mol. The maximum Gasteiger partial charge on any atom is 0.108 e. The lowest BCUT2D eigenvalue weighted by Gasteiger charge is -2.39. The molecule has 0 amide bonds. The first-order chi connectivity index (χ1) is 9.76. The van der Waals surface area contributed by atoms with Gasteiger partial charge < -0.3 is 10.0 Å². The quantitative estimate of drug-likeness (QED) is 0.932. The maximum atomic E-state index is 9.15. The first kappa shape index (κ1) is 13.9. The number of fused-ring (bicyclic) bond motifs is 1. The van der Waals surface area contributed by atoms with Gasteiger partial charge in [0.2, 0.25) is 0 Å². The van der Waals surface area contributed by atoms with E-state index in [0.29, 0.717) is 6.04 Å². The summed E-state index contributed by atoms with van der Waals surface area (Å²) in [5, 5.41) is 10.3. The van der Waals surface area contributed by atoms with Crippen LogP contribution in [0.15, 0.2) is 24.3 Å². The van der Waals surface area contributed by atoms with Crippen molar-refractivity contribution in [2.24, 2.45) is 0 Å². The van der Waals surface area contributed by atoms with E-state index in [0.717, 1.165) is 38.1 Å². The van der Waals surface area contributed by atoms with Crippen molar-refractivity contribution in [1.82, 2.24) is 14.8 Å². The Balaban J connectivity index is 1.67. The van der Waals surface area contributed by atoms with Gasteiger partial charge in [-0.3, -0.25) is 4.90 Å². The monoisotopic (exact) mass is 291 g/mol. The molecular formula is C15H21N3OS. The molecule has 0 spiro atoms. The number of hydrogen-bond acceptors (Lipinski definition) is 5. The highest BCUT2D eigenvalue weighted by molar-refractivity contribution is 7.18. The Morgan fingerprint density at radius 3 is 3.00 bits per heavy atom. The number of para-hydroxylation sites is 1. The number of benzene rings is 1. The summed E-state index contributed by atoms with van der Waals surface area (Å²) in [5.41, 5.74) is 1.11. The van der Waals surface area contributed by atoms with E-state index in [-0.39, 0.29) is 6.61 Å². The molecular weight excluding hydrogens is 270 g/mol. The number of aromatic nitrogens is 1. The number of thiazole rings is 1. The Morgan fingerprint density at radius 2 is 2.20 bits per heavy atom. The van der Waals surface area contributed by atoms with Gasteiger partial charge in [0.05, 0.1) is 16.8 Å². The van der Waals surface area contributed by atoms with E-state index in [4.69, 9.17) is 10.1 Å². The summed E-state index contributed by atoms with van der Waals surface area (Å²) in [4.78, 5) is 9.52. The minimum atomic E-state index is 0.268. The van der Waals surface area contributed by atoms with Gasteiger partial charge in [-0.15, -0.1) is 11.3 Å². The zero-order chi connectivity index (χ0) is 13.9. The Hall–Kier alpha value is -1.01. The van der Waals surface area contributed by atoms with E-state index >= 15 is 0 Å². The van der Waals surface area contributed by atoms with Gasteiger partial charge in [0.25, 0.3) is 0 Å². The van der Waals surface area contributed by atoms with Crippen LogP contribution in [-0.2, 0) is 6.54 Å². The molecule has 1 fully saturated rings. The second-order valence-corrected chi connectivity index (χ2v) is 6.57. The molecule has 1 atom stereocenters. The van der Waals surface area contributed by atoms with E-state index in [9.17, 15) is 0 Å². The van der Waals surface area contributed by atoms with Crippen molar-refractivity contribution in [3.8, 4) is 0 Å². The van der Waals surface area contributed by atoms with E-state index < -0.39 is 0 Å². The molecule has 2 aromatic rings. The lowest BCUT2D eigenvalue weighted by molar-refractivity contribution is 0.0743. The van der Waals surface area contributed by atoms with Crippen LogP contribution in [0, 0.1) is 0 Å². The number of hydrogen-bond donors (Lipinski definition) is 1. The molecule has 3 rings (SSSR count). The number of rotatable bonds is 4. The molecule has 5 heteroatoms. The summed E-state index contributed by atoms with van der Waals surface area (Å²) in [6.45, 7) is 4.36. The van der Waals surface area contributed by atoms with Crippen LogP contribution in [0.4, 0.5) is 0 Å². The molecule has 0 unspecified atom stereocenters. The number of aliphatic hydroxyl groups is 1. The highest BCUT2D eigenvalue weighted by Gasteiger charge is 2.24. The number of nitrogens with zero attached hydrogens (tertiary/aromatic N) is 3. The van der Waals surface area contributed by atoms with Gasteiger partial charge in [0, 0.05) is 32.3 Å². The molecule has 1 saturated heterocycles. The summed E-state index contributed by atoms with van der Waals surface area (Å²) >= 11 is 1.79. The molecule has 1 aromatic carbocycles. The van der Waals surface area contributed by atoms with Crippen molar-refractivity contribution in [3.63, 3.8) is 0 Å². The minimum Gasteiger partial charge on any atom is -0.396 e. The van der Waals surface area contributed by atoms with Gasteiger partial charge >= 0.3 is 0 Å². The molecule has 0 aliphatic carbocycles. The van der Waals surface area contributed by atoms with Crippen molar-refractivity contribution in [2.75, 3.05) is 33.3 Å². The van der Waals surface area contributed by atoms with E-state index in [2.05, 4.69) is 35.0 Å². The molecule has 20 heavy (non-hydrogen) atoms. The largest absolute Gasteiger partial charge is 0.396 e. The normalized spacial score (nSPS) is 21.6. The van der Waals surface area contributed by atoms with Gasteiger partial charge in [-0.05, 0) is 25.6 Å². The predicted molar refractivity (Wildman–Crippen MR) is 83.0 cm³/mol. The minimum absolute atomic E-state index is 0.268. The Bertz CT molecular complexity index is 538. The van der Waals surface area contributed by atoms with Crippen LogP contribution in [0.5, 0.6) is 0 Å². The summed E-state index contributed by atoms with van der Waals surface area (Å²) in [5.74, 6) is 0. The molecule has 0 radical (unpaired) electrons. The fourth-order valence-electron chi connectivity index (χ4n) is 2.79. The Kier molecular flexibility index (Phi) is 4.31. The molecule has 1 aromatic heterocycles. The van der Waals surface area contributed by atoms with Crippen molar-refractivity contribution in [2.45, 2.75) is 19.0 Å². The summed E-state index contributed by atoms with van der Waals surface area (Å²) in [6, 6.07) is 8.78. The van der Waals surface area contributed by atoms with Crippen LogP contribution in [0.1, 0.15) is 11.4 Å². The second kappa shape index (κ2) is 6.18. The van der Waals surface area contributed by atoms with Crippen LogP contribution in [0.25, 0.3) is 10.2 Å². The summed E-state index contributed by atoms with van der Waals surface area (Å²) in [6.07, 6.45) is 0.854. The van der Waals surface area contributed by atoms with E-state index in [1.54, 1.807) is 11.3 Å².